The van der Waals surface area contributed by atoms with E-state index in [2.05, 4.69) is 13.0 Å². The van der Waals surface area contributed by atoms with E-state index in [4.69, 9.17) is 10.2 Å². The third-order valence-electron chi connectivity index (χ3n) is 4.97. The smallest absolute Gasteiger partial charge is 0.307 e. The van der Waals surface area contributed by atoms with Crippen molar-refractivity contribution in [3.05, 3.63) is 12.2 Å². The van der Waals surface area contributed by atoms with Crippen LogP contribution in [0, 0.1) is 11.8 Å². The van der Waals surface area contributed by atoms with Crippen LogP contribution in [-0.2, 0) is 9.59 Å². The van der Waals surface area contributed by atoms with E-state index in [1.165, 1.54) is 25.7 Å². The number of hydrogen-bond acceptors (Lipinski definition) is 3. The molecule has 0 saturated heterocycles. The highest BCUT2D eigenvalue weighted by molar-refractivity contribution is 5.78. The number of hydrogen-bond donors (Lipinski definition) is 2. The molecular weight excluding hydrogens is 328 g/mol. The molecule has 0 rings (SSSR count). The van der Waals surface area contributed by atoms with Crippen molar-refractivity contribution in [2.24, 2.45) is 11.8 Å². The van der Waals surface area contributed by atoms with E-state index in [1.807, 2.05) is 13.0 Å². The average Bonchev–Trinajstić information content (AvgIpc) is 2.61. The van der Waals surface area contributed by atoms with Gasteiger partial charge in [-0.3, -0.25) is 9.59 Å². The number of carboxylic acids is 1. The maximum Gasteiger partial charge on any atom is 0.307 e. The van der Waals surface area contributed by atoms with Gasteiger partial charge in [0.1, 0.15) is 5.78 Å². The molecule has 4 heteroatoms. The molecule has 0 amide bonds. The van der Waals surface area contributed by atoms with E-state index in [9.17, 15) is 9.59 Å². The Balaban J connectivity index is 3.62. The fraction of sp³-hybridized carbons (Fsp3) is 0.818. The molecule has 26 heavy (non-hydrogen) atoms. The predicted octanol–water partition coefficient (Wildman–Crippen LogP) is 5.53. The van der Waals surface area contributed by atoms with Crippen molar-refractivity contribution in [1.82, 2.24) is 0 Å². The van der Waals surface area contributed by atoms with Crippen molar-refractivity contribution < 1.29 is 19.8 Å². The SMILES string of the molecule is CCCCCCCC(=O)CCCCCC/C=C/[C@H](C)[C@@H](CCO)C(=O)O. The monoisotopic (exact) mass is 368 g/mol. The van der Waals surface area contributed by atoms with Crippen LogP contribution in [-0.4, -0.2) is 28.6 Å². The zero-order valence-electron chi connectivity index (χ0n) is 16.9. The maximum atomic E-state index is 11.8. The molecule has 2 atom stereocenters. The number of aliphatic hydroxyl groups excluding tert-OH is 1. The normalized spacial score (nSPS) is 13.8. The Hall–Kier alpha value is -1.16. The van der Waals surface area contributed by atoms with Gasteiger partial charge in [0.25, 0.3) is 0 Å². The summed E-state index contributed by atoms with van der Waals surface area (Å²) in [6.45, 7) is 4.00. The minimum absolute atomic E-state index is 0.0606. The molecule has 0 saturated carbocycles. The van der Waals surface area contributed by atoms with Crippen molar-refractivity contribution in [2.75, 3.05) is 6.61 Å². The molecule has 0 heterocycles. The molecule has 0 radical (unpaired) electrons. The van der Waals surface area contributed by atoms with Crippen LogP contribution in [0.1, 0.15) is 97.3 Å². The number of carbonyl (C=O) groups is 2. The van der Waals surface area contributed by atoms with Crippen molar-refractivity contribution in [2.45, 2.75) is 97.3 Å². The maximum absolute atomic E-state index is 11.8. The molecule has 0 aliphatic rings. The number of aliphatic hydroxyl groups is 1. The summed E-state index contributed by atoms with van der Waals surface area (Å²) in [5.41, 5.74) is 0. The summed E-state index contributed by atoms with van der Waals surface area (Å²) in [4.78, 5) is 22.9. The topological polar surface area (TPSA) is 74.6 Å². The van der Waals surface area contributed by atoms with Gasteiger partial charge in [-0.05, 0) is 38.0 Å². The second-order valence-corrected chi connectivity index (χ2v) is 7.40. The zero-order valence-corrected chi connectivity index (χ0v) is 16.9. The van der Waals surface area contributed by atoms with Crippen LogP contribution in [0.15, 0.2) is 12.2 Å². The molecule has 152 valence electrons. The molecule has 4 nitrogen and oxygen atoms in total. The first-order chi connectivity index (χ1) is 12.5. The molecular formula is C22H40O4. The van der Waals surface area contributed by atoms with Crippen molar-refractivity contribution in [1.29, 1.82) is 0 Å². The predicted molar refractivity (Wildman–Crippen MR) is 107 cm³/mol. The summed E-state index contributed by atoms with van der Waals surface area (Å²) in [6.07, 6.45) is 17.0. The number of aliphatic carboxylic acids is 1. The molecule has 0 unspecified atom stereocenters. The summed E-state index contributed by atoms with van der Waals surface area (Å²) < 4.78 is 0. The van der Waals surface area contributed by atoms with E-state index < -0.39 is 11.9 Å². The summed E-state index contributed by atoms with van der Waals surface area (Å²) in [7, 11) is 0. The van der Waals surface area contributed by atoms with Gasteiger partial charge in [0.2, 0.25) is 0 Å². The van der Waals surface area contributed by atoms with Gasteiger partial charge in [-0.1, -0.05) is 64.5 Å². The highest BCUT2D eigenvalue weighted by Crippen LogP contribution is 2.18. The van der Waals surface area contributed by atoms with Crippen molar-refractivity contribution in [3.63, 3.8) is 0 Å². The van der Waals surface area contributed by atoms with Crippen molar-refractivity contribution >= 4 is 11.8 Å². The standard InChI is InChI=1S/C22H40O4/c1-3-4-5-8-12-15-20(24)16-13-10-7-6-9-11-14-19(2)21(17-18-23)22(25)26/h11,14,19,21,23H,3-10,12-13,15-18H2,1-2H3,(H,25,26)/b14-11+/t19-,21+/m0/s1. The second-order valence-electron chi connectivity index (χ2n) is 7.40. The number of carboxylic acid groups (broad SMARTS) is 1. The molecule has 0 aliphatic heterocycles. The first-order valence-electron chi connectivity index (χ1n) is 10.5. The third kappa shape index (κ3) is 14.1. The number of Topliss-reactive ketones (excluding diaryl/α,β-unsaturated/α-hetero) is 1. The van der Waals surface area contributed by atoms with Crippen LogP contribution in [0.3, 0.4) is 0 Å². The van der Waals surface area contributed by atoms with Gasteiger partial charge >= 0.3 is 5.97 Å². The summed E-state index contributed by atoms with van der Waals surface area (Å²) in [5, 5.41) is 18.1. The first kappa shape index (κ1) is 24.8. The van der Waals surface area contributed by atoms with Crippen LogP contribution in [0.25, 0.3) is 0 Å². The molecule has 0 aliphatic carbocycles. The summed E-state index contributed by atoms with van der Waals surface area (Å²) in [6, 6.07) is 0. The van der Waals surface area contributed by atoms with Gasteiger partial charge in [-0.25, -0.2) is 0 Å². The Bertz CT molecular complexity index is 390. The lowest BCUT2D eigenvalue weighted by molar-refractivity contribution is -0.143. The van der Waals surface area contributed by atoms with Crippen LogP contribution in [0.4, 0.5) is 0 Å². The zero-order chi connectivity index (χ0) is 19.6. The average molecular weight is 369 g/mol. The lowest BCUT2D eigenvalue weighted by atomic mass is 9.90. The largest absolute Gasteiger partial charge is 0.481 e. The van der Waals surface area contributed by atoms with Crippen LogP contribution in [0.5, 0.6) is 0 Å². The van der Waals surface area contributed by atoms with Crippen LogP contribution >= 0.6 is 0 Å². The lowest BCUT2D eigenvalue weighted by Crippen LogP contribution is -2.21. The minimum atomic E-state index is -0.841. The number of ketones is 1. The lowest BCUT2D eigenvalue weighted by Gasteiger charge is -2.15. The fourth-order valence-corrected chi connectivity index (χ4v) is 3.18. The van der Waals surface area contributed by atoms with E-state index >= 15 is 0 Å². The molecule has 0 bridgehead atoms. The Morgan fingerprint density at radius 1 is 0.923 bits per heavy atom. The molecule has 0 fully saturated rings. The van der Waals surface area contributed by atoms with Gasteiger partial charge in [-0.15, -0.1) is 0 Å². The van der Waals surface area contributed by atoms with E-state index in [0.717, 1.165) is 51.4 Å². The second kappa shape index (κ2) is 17.3. The Labute approximate surface area is 160 Å². The number of rotatable bonds is 18. The van der Waals surface area contributed by atoms with Gasteiger partial charge < -0.3 is 10.2 Å². The van der Waals surface area contributed by atoms with E-state index in [-0.39, 0.29) is 12.5 Å². The summed E-state index contributed by atoms with van der Waals surface area (Å²) >= 11 is 0. The minimum Gasteiger partial charge on any atom is -0.481 e. The highest BCUT2D eigenvalue weighted by atomic mass is 16.4. The van der Waals surface area contributed by atoms with Gasteiger partial charge in [0, 0.05) is 19.4 Å². The van der Waals surface area contributed by atoms with Crippen molar-refractivity contribution in [3.8, 4) is 0 Å². The van der Waals surface area contributed by atoms with Gasteiger partial charge in [0.05, 0.1) is 5.92 Å². The molecule has 0 spiro atoms. The molecule has 0 aromatic heterocycles. The third-order valence-corrected chi connectivity index (χ3v) is 4.97. The number of carbonyl (C=O) groups excluding carboxylic acids is 1. The molecule has 2 N–H and O–H groups in total. The van der Waals surface area contributed by atoms with Crippen LogP contribution < -0.4 is 0 Å². The molecule has 0 aromatic rings. The van der Waals surface area contributed by atoms with Crippen LogP contribution in [0.2, 0.25) is 0 Å². The van der Waals surface area contributed by atoms with E-state index in [1.54, 1.807) is 0 Å². The highest BCUT2D eigenvalue weighted by Gasteiger charge is 2.21. The number of allylic oxidation sites excluding steroid dienone is 2. The Kier molecular flexibility index (Phi) is 16.5. The summed E-state index contributed by atoms with van der Waals surface area (Å²) in [5.74, 6) is -0.996. The Morgan fingerprint density at radius 2 is 1.50 bits per heavy atom. The number of unbranched alkanes of at least 4 members (excludes halogenated alkanes) is 8. The Morgan fingerprint density at radius 3 is 2.04 bits per heavy atom. The quantitative estimate of drug-likeness (QED) is 0.246. The molecule has 0 aromatic carbocycles. The first-order valence-corrected chi connectivity index (χ1v) is 10.5. The van der Waals surface area contributed by atoms with E-state index in [0.29, 0.717) is 12.2 Å². The fourth-order valence-electron chi connectivity index (χ4n) is 3.18. The van der Waals surface area contributed by atoms with Gasteiger partial charge in [0.15, 0.2) is 0 Å². The van der Waals surface area contributed by atoms with Gasteiger partial charge in [-0.2, -0.15) is 0 Å².